The largest absolute Gasteiger partial charge is 0.401 e. The van der Waals surface area contributed by atoms with E-state index in [-0.39, 0.29) is 11.6 Å². The first kappa shape index (κ1) is 17.6. The Kier molecular flexibility index (Phi) is 4.53. The minimum absolute atomic E-state index is 0.161. The molecule has 0 spiro atoms. The Balaban J connectivity index is 1.77. The number of thiophene rings is 1. The van der Waals surface area contributed by atoms with Gasteiger partial charge in [0.15, 0.2) is 5.70 Å². The van der Waals surface area contributed by atoms with Crippen LogP contribution in [0.2, 0.25) is 15.1 Å². The van der Waals surface area contributed by atoms with Crippen LogP contribution in [0.1, 0.15) is 16.0 Å². The Hall–Kier alpha value is -1.85. The van der Waals surface area contributed by atoms with Gasteiger partial charge in [0, 0.05) is 20.1 Å². The molecule has 130 valence electrons. The molecule has 0 radical (unpaired) electrons. The highest BCUT2D eigenvalue weighted by molar-refractivity contribution is 7.21. The molecule has 0 aliphatic carbocycles. The van der Waals surface area contributed by atoms with Crippen LogP contribution in [0.15, 0.2) is 47.1 Å². The van der Waals surface area contributed by atoms with Crippen molar-refractivity contribution in [1.82, 2.24) is 0 Å². The lowest BCUT2D eigenvalue weighted by atomic mass is 10.2. The summed E-state index contributed by atoms with van der Waals surface area (Å²) in [5, 5.41) is 2.39. The first-order valence-electron chi connectivity index (χ1n) is 7.59. The molecule has 2 aromatic carbocycles. The Bertz CT molecular complexity index is 1130. The molecule has 4 rings (SSSR count). The molecule has 1 aliphatic heterocycles. The maximum atomic E-state index is 12.2. The number of nitrogens with zero attached hydrogens (tertiary/aromatic N) is 1. The second-order valence-corrected chi connectivity index (χ2v) is 8.02. The molecule has 0 N–H and O–H groups in total. The lowest BCUT2D eigenvalue weighted by Gasteiger charge is -1.98. The number of aliphatic imine (C=N–C) groups is 1. The molecule has 7 heteroatoms. The van der Waals surface area contributed by atoms with Crippen LogP contribution in [0.25, 0.3) is 16.2 Å². The number of carbonyl (C=O) groups is 1. The number of hydrogen-bond donors (Lipinski definition) is 0. The standard InChI is InChI=1S/C19H10Cl3NO2S/c1-9-2-5-12-15(6-9)26-17(16(12)22)18-23-14(19(24)25-18)7-10-3-4-11(20)8-13(10)21/h2-8H,1H3/b14-7+. The van der Waals surface area contributed by atoms with Gasteiger partial charge in [-0.25, -0.2) is 9.79 Å². The van der Waals surface area contributed by atoms with Gasteiger partial charge in [-0.2, -0.15) is 0 Å². The van der Waals surface area contributed by atoms with Crippen LogP contribution in [-0.4, -0.2) is 11.9 Å². The van der Waals surface area contributed by atoms with Crippen molar-refractivity contribution in [2.45, 2.75) is 6.92 Å². The number of ether oxygens (including phenoxy) is 1. The predicted molar refractivity (Wildman–Crippen MR) is 109 cm³/mol. The van der Waals surface area contributed by atoms with E-state index in [2.05, 4.69) is 4.99 Å². The first-order chi connectivity index (χ1) is 12.4. The summed E-state index contributed by atoms with van der Waals surface area (Å²) in [6.07, 6.45) is 1.57. The van der Waals surface area contributed by atoms with E-state index in [0.717, 1.165) is 15.6 Å². The third-order valence-electron chi connectivity index (χ3n) is 3.85. The molecule has 3 nitrogen and oxygen atoms in total. The number of halogens is 3. The maximum Gasteiger partial charge on any atom is 0.363 e. The fourth-order valence-electron chi connectivity index (χ4n) is 2.58. The average Bonchev–Trinajstić information content (AvgIpc) is 3.10. The summed E-state index contributed by atoms with van der Waals surface area (Å²) in [5.41, 5.74) is 1.92. The van der Waals surface area contributed by atoms with Gasteiger partial charge in [0.1, 0.15) is 4.88 Å². The second-order valence-electron chi connectivity index (χ2n) is 5.75. The van der Waals surface area contributed by atoms with Crippen LogP contribution in [0, 0.1) is 6.92 Å². The molecule has 3 aromatic rings. The molecule has 1 aliphatic rings. The quantitative estimate of drug-likeness (QED) is 0.348. The number of carbonyl (C=O) groups excluding carboxylic acids is 1. The summed E-state index contributed by atoms with van der Waals surface area (Å²) < 4.78 is 6.35. The van der Waals surface area contributed by atoms with Crippen LogP contribution in [0.4, 0.5) is 0 Å². The number of hydrogen-bond acceptors (Lipinski definition) is 4. The monoisotopic (exact) mass is 421 g/mol. The zero-order chi connectivity index (χ0) is 18.4. The molecule has 0 amide bonds. The van der Waals surface area contributed by atoms with Gasteiger partial charge >= 0.3 is 5.97 Å². The van der Waals surface area contributed by atoms with Crippen molar-refractivity contribution in [3.63, 3.8) is 0 Å². The van der Waals surface area contributed by atoms with Crippen molar-refractivity contribution in [3.05, 3.63) is 73.2 Å². The van der Waals surface area contributed by atoms with Crippen molar-refractivity contribution < 1.29 is 9.53 Å². The molecule has 26 heavy (non-hydrogen) atoms. The fraction of sp³-hybridized carbons (Fsp3) is 0.0526. The molecular weight excluding hydrogens is 413 g/mol. The second kappa shape index (κ2) is 6.71. The summed E-state index contributed by atoms with van der Waals surface area (Å²) >= 11 is 20.0. The van der Waals surface area contributed by atoms with Crippen LogP contribution in [0.3, 0.4) is 0 Å². The summed E-state index contributed by atoms with van der Waals surface area (Å²) in [4.78, 5) is 17.2. The van der Waals surface area contributed by atoms with Gasteiger partial charge in [0.05, 0.1) is 5.02 Å². The Morgan fingerprint density at radius 3 is 2.69 bits per heavy atom. The van der Waals surface area contributed by atoms with Crippen LogP contribution < -0.4 is 0 Å². The minimum Gasteiger partial charge on any atom is -0.401 e. The Morgan fingerprint density at radius 2 is 1.92 bits per heavy atom. The number of cyclic esters (lactones) is 1. The van der Waals surface area contributed by atoms with Gasteiger partial charge in [0.25, 0.3) is 0 Å². The number of rotatable bonds is 2. The highest BCUT2D eigenvalue weighted by Crippen LogP contribution is 2.38. The van der Waals surface area contributed by atoms with E-state index in [1.165, 1.54) is 11.3 Å². The van der Waals surface area contributed by atoms with E-state index in [4.69, 9.17) is 39.5 Å². The molecule has 1 aromatic heterocycles. The van der Waals surface area contributed by atoms with Gasteiger partial charge in [-0.05, 0) is 42.3 Å². The molecule has 0 saturated carbocycles. The van der Waals surface area contributed by atoms with E-state index in [9.17, 15) is 4.79 Å². The van der Waals surface area contributed by atoms with E-state index < -0.39 is 5.97 Å². The molecular formula is C19H10Cl3NO2S. The molecule has 0 fully saturated rings. The molecule has 0 unspecified atom stereocenters. The normalized spacial score (nSPS) is 15.6. The van der Waals surface area contributed by atoms with E-state index in [1.807, 2.05) is 25.1 Å². The predicted octanol–water partition coefficient (Wildman–Crippen LogP) is 6.51. The molecule has 0 saturated heterocycles. The van der Waals surface area contributed by atoms with Crippen molar-refractivity contribution >= 4 is 74.2 Å². The number of benzene rings is 2. The van der Waals surface area contributed by atoms with Gasteiger partial charge in [-0.3, -0.25) is 0 Å². The maximum absolute atomic E-state index is 12.2. The topological polar surface area (TPSA) is 38.7 Å². The average molecular weight is 423 g/mol. The van der Waals surface area contributed by atoms with Gasteiger partial charge < -0.3 is 4.74 Å². The van der Waals surface area contributed by atoms with Crippen molar-refractivity contribution in [3.8, 4) is 0 Å². The summed E-state index contributed by atoms with van der Waals surface area (Å²) in [7, 11) is 0. The van der Waals surface area contributed by atoms with Gasteiger partial charge in [0.2, 0.25) is 5.90 Å². The lowest BCUT2D eigenvalue weighted by molar-refractivity contribution is -0.129. The number of aryl methyl sites for hydroxylation is 1. The van der Waals surface area contributed by atoms with Crippen molar-refractivity contribution in [2.75, 3.05) is 0 Å². The third-order valence-corrected chi connectivity index (χ3v) is 6.06. The van der Waals surface area contributed by atoms with Gasteiger partial charge in [-0.15, -0.1) is 11.3 Å². The third kappa shape index (κ3) is 3.14. The molecule has 0 atom stereocenters. The van der Waals surface area contributed by atoms with Crippen molar-refractivity contribution in [2.24, 2.45) is 4.99 Å². The lowest BCUT2D eigenvalue weighted by Crippen LogP contribution is -2.04. The van der Waals surface area contributed by atoms with E-state index >= 15 is 0 Å². The summed E-state index contributed by atoms with van der Waals surface area (Å²) in [6, 6.07) is 11.0. The number of fused-ring (bicyclic) bond motifs is 1. The molecule has 0 bridgehead atoms. The highest BCUT2D eigenvalue weighted by atomic mass is 35.5. The SMILES string of the molecule is Cc1ccc2c(Cl)c(C3=N/C(=C/c4ccc(Cl)cc4Cl)C(=O)O3)sc2c1. The zero-order valence-electron chi connectivity index (χ0n) is 13.3. The summed E-state index contributed by atoms with van der Waals surface area (Å²) in [5.74, 6) is -0.342. The first-order valence-corrected chi connectivity index (χ1v) is 9.54. The molecule has 2 heterocycles. The van der Waals surface area contributed by atoms with E-state index in [1.54, 1.807) is 24.3 Å². The highest BCUT2D eigenvalue weighted by Gasteiger charge is 2.28. The van der Waals surface area contributed by atoms with Crippen LogP contribution in [-0.2, 0) is 9.53 Å². The minimum atomic E-state index is -0.546. The van der Waals surface area contributed by atoms with Crippen LogP contribution in [0.5, 0.6) is 0 Å². The van der Waals surface area contributed by atoms with Crippen LogP contribution >= 0.6 is 46.1 Å². The Labute approximate surface area is 168 Å². The van der Waals surface area contributed by atoms with E-state index in [0.29, 0.717) is 25.5 Å². The fourth-order valence-corrected chi connectivity index (χ4v) is 4.58. The Morgan fingerprint density at radius 1 is 1.12 bits per heavy atom. The smallest absolute Gasteiger partial charge is 0.363 e. The summed E-state index contributed by atoms with van der Waals surface area (Å²) in [6.45, 7) is 2.01. The zero-order valence-corrected chi connectivity index (χ0v) is 16.4. The van der Waals surface area contributed by atoms with Crippen molar-refractivity contribution in [1.29, 1.82) is 0 Å². The number of esters is 1. The van der Waals surface area contributed by atoms with Gasteiger partial charge in [-0.1, -0.05) is 53.0 Å².